The van der Waals surface area contributed by atoms with E-state index in [2.05, 4.69) is 64.5 Å². The van der Waals surface area contributed by atoms with E-state index < -0.39 is 41.9 Å². The van der Waals surface area contributed by atoms with Gasteiger partial charge < -0.3 is 53.0 Å². The number of rotatable bonds is 26. The molecule has 20 heteroatoms. The predicted octanol–water partition coefficient (Wildman–Crippen LogP) is 6.19. The maximum absolute atomic E-state index is 13.5. The summed E-state index contributed by atoms with van der Waals surface area (Å²) in [6, 6.07) is 10.7. The van der Waals surface area contributed by atoms with Gasteiger partial charge in [-0.3, -0.25) is 29.0 Å². The molecule has 2 heterocycles. The minimum atomic E-state index is -0.999. The second-order valence-electron chi connectivity index (χ2n) is 17.0. The number of alkyl halides is 1. The molecule has 1 aliphatic heterocycles. The zero-order valence-corrected chi connectivity index (χ0v) is 42.0. The summed E-state index contributed by atoms with van der Waals surface area (Å²) in [7, 11) is 0. The molecule has 0 fully saturated rings. The zero-order valence-electron chi connectivity index (χ0n) is 39.8. The molecule has 69 heavy (non-hydrogen) atoms. The minimum absolute atomic E-state index is 0.0497. The number of hydrogen-bond donors (Lipinski definition) is 8. The quantitative estimate of drug-likeness (QED) is 0.0256. The highest BCUT2D eigenvalue weighted by molar-refractivity contribution is 14.1. The molecule has 0 radical (unpaired) electrons. The van der Waals surface area contributed by atoms with Crippen molar-refractivity contribution in [2.75, 3.05) is 34.7 Å². The lowest BCUT2D eigenvalue weighted by atomic mass is 10.0. The fraction of sp³-hybridized carbons (Fsp3) is 0.449. The lowest BCUT2D eigenvalue weighted by Crippen LogP contribution is -2.54. The number of anilines is 2. The molecule has 0 unspecified atom stereocenters. The Morgan fingerprint density at radius 3 is 2.25 bits per heavy atom. The summed E-state index contributed by atoms with van der Waals surface area (Å²) in [6.07, 6.45) is 9.42. The number of benzene rings is 2. The molecule has 19 nitrogen and oxygen atoms in total. The number of pyridine rings is 1. The van der Waals surface area contributed by atoms with E-state index in [1.807, 2.05) is 32.6 Å². The first-order chi connectivity index (χ1) is 33.1. The smallest absolute Gasteiger partial charge is 0.407 e. The van der Waals surface area contributed by atoms with Crippen LogP contribution in [0.1, 0.15) is 113 Å². The van der Waals surface area contributed by atoms with E-state index in [0.29, 0.717) is 77.2 Å². The SMILES string of the molecule is CCCN(CCC)C(=O)C1=Cc2ccc(C(=O)Nc3cncc(CNC(=O)OCc4ccc(NC(=O)[C@H](CCCNC(N)=O)NC(=O)[C@@H](NC(=O)CCCCCI)C(C)C)cc4)c3)cc2N=C(N)C1. The maximum atomic E-state index is 13.5. The molecule has 3 aromatic rings. The third-order valence-electron chi connectivity index (χ3n) is 10.8. The number of ether oxygens (including phenoxy) is 1. The van der Waals surface area contributed by atoms with Crippen LogP contribution in [-0.4, -0.2) is 93.5 Å². The van der Waals surface area contributed by atoms with Gasteiger partial charge in [0.15, 0.2) is 0 Å². The Balaban J connectivity index is 1.29. The van der Waals surface area contributed by atoms with Gasteiger partial charge in [-0.15, -0.1) is 0 Å². The van der Waals surface area contributed by atoms with Crippen LogP contribution < -0.4 is 43.4 Å². The Bertz CT molecular complexity index is 2320. The zero-order chi connectivity index (χ0) is 50.3. The molecule has 4 rings (SSSR count). The number of amides is 8. The van der Waals surface area contributed by atoms with Crippen molar-refractivity contribution in [3.63, 3.8) is 0 Å². The van der Waals surface area contributed by atoms with E-state index in [1.54, 1.807) is 60.8 Å². The van der Waals surface area contributed by atoms with Gasteiger partial charge in [-0.05, 0) is 96.4 Å². The number of fused-ring (bicyclic) bond motifs is 1. The van der Waals surface area contributed by atoms with Crippen molar-refractivity contribution in [2.24, 2.45) is 22.4 Å². The number of unbranched alkanes of at least 4 members (excludes halogenated alkanes) is 2. The summed E-state index contributed by atoms with van der Waals surface area (Å²) in [5.41, 5.74) is 15.5. The van der Waals surface area contributed by atoms with E-state index in [9.17, 15) is 33.6 Å². The van der Waals surface area contributed by atoms with Crippen LogP contribution >= 0.6 is 22.6 Å². The van der Waals surface area contributed by atoms with Crippen molar-refractivity contribution in [1.29, 1.82) is 0 Å². The van der Waals surface area contributed by atoms with Crippen LogP contribution in [0.3, 0.4) is 0 Å². The van der Waals surface area contributed by atoms with Crippen LogP contribution in [0, 0.1) is 5.92 Å². The molecule has 2 aromatic carbocycles. The molecule has 0 saturated carbocycles. The number of alkyl carbamates (subject to hydrolysis) is 1. The first-order valence-corrected chi connectivity index (χ1v) is 24.8. The van der Waals surface area contributed by atoms with Crippen LogP contribution in [0.4, 0.5) is 26.7 Å². The Hall–Kier alpha value is -6.58. The van der Waals surface area contributed by atoms with Crippen LogP contribution in [0.25, 0.3) is 6.08 Å². The third-order valence-corrected chi connectivity index (χ3v) is 11.6. The van der Waals surface area contributed by atoms with E-state index in [4.69, 9.17) is 16.2 Å². The van der Waals surface area contributed by atoms with Gasteiger partial charge >= 0.3 is 12.1 Å². The number of carbonyl (C=O) groups excluding carboxylic acids is 7. The fourth-order valence-electron chi connectivity index (χ4n) is 7.26. The topological polar surface area (TPSA) is 281 Å². The van der Waals surface area contributed by atoms with Crippen LogP contribution in [0.5, 0.6) is 0 Å². The van der Waals surface area contributed by atoms with E-state index >= 15 is 0 Å². The average molecular weight is 1060 g/mol. The maximum Gasteiger partial charge on any atom is 0.407 e. The molecule has 1 aliphatic rings. The molecule has 0 bridgehead atoms. The molecule has 0 spiro atoms. The van der Waals surface area contributed by atoms with Gasteiger partial charge in [-0.2, -0.15) is 0 Å². The Morgan fingerprint density at radius 2 is 1.57 bits per heavy atom. The largest absolute Gasteiger partial charge is 0.445 e. The molecule has 1 aromatic heterocycles. The number of amidine groups is 1. The summed E-state index contributed by atoms with van der Waals surface area (Å²) >= 11 is 2.29. The molecular weight excluding hydrogens is 998 g/mol. The standard InChI is InChI=1S/C49H66IN11O8/c1-5-21-61(22-6-2)47(66)36-24-34-15-16-35(25-40(34)58-41(51)26-36)44(63)57-38-23-33(27-53-29-38)28-55-49(68)69-30-32-13-17-37(18-14-32)56-45(64)39(11-10-20-54-48(52)67)59-46(65)43(31(3)4)60-42(62)12-8-7-9-19-50/h13-18,23-25,27,29,31,39,43H,5-12,19-22,26,28,30H2,1-4H3,(H2,51,58)(H,55,68)(H,56,64)(H,57,63)(H,59,65)(H,60,62)(H3,52,54,67)/t39-,43-/m0/s1. The number of urea groups is 1. The predicted molar refractivity (Wildman–Crippen MR) is 275 cm³/mol. The molecule has 0 saturated heterocycles. The van der Waals surface area contributed by atoms with Crippen molar-refractivity contribution in [1.82, 2.24) is 31.2 Å². The summed E-state index contributed by atoms with van der Waals surface area (Å²) < 4.78 is 6.41. The number of aromatic nitrogens is 1. The number of aliphatic imine (C=N–C) groups is 1. The van der Waals surface area contributed by atoms with Gasteiger partial charge in [0.25, 0.3) is 5.91 Å². The van der Waals surface area contributed by atoms with E-state index in [1.165, 1.54) is 6.20 Å². The monoisotopic (exact) mass is 1060 g/mol. The summed E-state index contributed by atoms with van der Waals surface area (Å²) in [5, 5.41) is 16.4. The number of nitrogens with two attached hydrogens (primary N) is 2. The van der Waals surface area contributed by atoms with Crippen molar-refractivity contribution in [3.05, 3.63) is 88.8 Å². The summed E-state index contributed by atoms with van der Waals surface area (Å²) in [6.45, 7) is 9.11. The normalized spacial score (nSPS) is 12.7. The minimum Gasteiger partial charge on any atom is -0.445 e. The molecule has 10 N–H and O–H groups in total. The first kappa shape index (κ1) is 55.0. The van der Waals surface area contributed by atoms with Gasteiger partial charge in [-0.25, -0.2) is 14.6 Å². The third kappa shape index (κ3) is 18.8. The molecular formula is C49H66IN11O8. The summed E-state index contributed by atoms with van der Waals surface area (Å²) in [4.78, 5) is 101. The highest BCUT2D eigenvalue weighted by Crippen LogP contribution is 2.29. The lowest BCUT2D eigenvalue weighted by Gasteiger charge is -2.25. The average Bonchev–Trinajstić information content (AvgIpc) is 3.49. The fourth-order valence-corrected chi connectivity index (χ4v) is 7.80. The van der Waals surface area contributed by atoms with Gasteiger partial charge in [0.2, 0.25) is 23.6 Å². The van der Waals surface area contributed by atoms with Gasteiger partial charge in [0.05, 0.1) is 17.6 Å². The van der Waals surface area contributed by atoms with E-state index in [0.717, 1.165) is 30.1 Å². The first-order valence-electron chi connectivity index (χ1n) is 23.3. The lowest BCUT2D eigenvalue weighted by molar-refractivity contribution is -0.132. The van der Waals surface area contributed by atoms with Crippen molar-refractivity contribution in [2.45, 2.75) is 111 Å². The number of hydrogen-bond acceptors (Lipinski definition) is 11. The Morgan fingerprint density at radius 1 is 0.826 bits per heavy atom. The highest BCUT2D eigenvalue weighted by atomic mass is 127. The van der Waals surface area contributed by atoms with Crippen LogP contribution in [-0.2, 0) is 37.1 Å². The van der Waals surface area contributed by atoms with Crippen LogP contribution in [0.15, 0.2) is 71.5 Å². The Kier molecular flexibility index (Phi) is 22.9. The highest BCUT2D eigenvalue weighted by Gasteiger charge is 2.29. The van der Waals surface area contributed by atoms with Gasteiger partial charge in [-0.1, -0.05) is 74.9 Å². The number of nitrogens with one attached hydrogen (secondary N) is 6. The second kappa shape index (κ2) is 28.7. The van der Waals surface area contributed by atoms with Crippen molar-refractivity contribution >= 4 is 93.2 Å². The molecule has 8 amide bonds. The summed E-state index contributed by atoms with van der Waals surface area (Å²) in [5.74, 6) is -1.72. The van der Waals surface area contributed by atoms with Gasteiger partial charge in [0.1, 0.15) is 24.5 Å². The number of halogens is 1. The van der Waals surface area contributed by atoms with E-state index in [-0.39, 0.29) is 56.1 Å². The molecule has 2 atom stereocenters. The van der Waals surface area contributed by atoms with Gasteiger partial charge in [0, 0.05) is 67.6 Å². The number of carbonyl (C=O) groups is 7. The number of primary amides is 1. The van der Waals surface area contributed by atoms with Crippen LogP contribution in [0.2, 0.25) is 0 Å². The van der Waals surface area contributed by atoms with Crippen molar-refractivity contribution in [3.8, 4) is 0 Å². The van der Waals surface area contributed by atoms with Crippen molar-refractivity contribution < 1.29 is 38.3 Å². The Labute approximate surface area is 417 Å². The molecule has 0 aliphatic carbocycles. The second-order valence-corrected chi connectivity index (χ2v) is 18.0. The number of nitrogens with zero attached hydrogens (tertiary/aromatic N) is 3. The molecule has 372 valence electrons.